The highest BCUT2D eigenvalue weighted by atomic mass is 32.2. The number of amides is 1. The van der Waals surface area contributed by atoms with Crippen molar-refractivity contribution in [1.82, 2.24) is 10.2 Å². The van der Waals surface area contributed by atoms with E-state index >= 15 is 0 Å². The van der Waals surface area contributed by atoms with Gasteiger partial charge in [-0.15, -0.1) is 23.5 Å². The lowest BCUT2D eigenvalue weighted by molar-refractivity contribution is -0.131. The molecule has 1 aliphatic rings. The van der Waals surface area contributed by atoms with Gasteiger partial charge >= 0.3 is 0 Å². The van der Waals surface area contributed by atoms with Crippen molar-refractivity contribution in [2.45, 2.75) is 102 Å². The van der Waals surface area contributed by atoms with Crippen molar-refractivity contribution in [1.29, 1.82) is 0 Å². The highest BCUT2D eigenvalue weighted by Gasteiger charge is 2.42. The van der Waals surface area contributed by atoms with E-state index in [2.05, 4.69) is 33.0 Å². The average molecular weight is 419 g/mol. The summed E-state index contributed by atoms with van der Waals surface area (Å²) >= 11 is 4.03. The van der Waals surface area contributed by atoms with E-state index in [4.69, 9.17) is 0 Å². The second-order valence-electron chi connectivity index (χ2n) is 8.24. The molecule has 0 aromatic carbocycles. The smallest absolute Gasteiger partial charge is 0.237 e. The van der Waals surface area contributed by atoms with Crippen LogP contribution in [0.15, 0.2) is 0 Å². The van der Waals surface area contributed by atoms with E-state index in [1.165, 1.54) is 6.42 Å². The van der Waals surface area contributed by atoms with Gasteiger partial charge in [0.1, 0.15) is 6.23 Å². The highest BCUT2D eigenvalue weighted by molar-refractivity contribution is 8.21. The zero-order chi connectivity index (χ0) is 20.4. The zero-order valence-electron chi connectivity index (χ0n) is 18.3. The molecule has 1 heterocycles. The van der Waals surface area contributed by atoms with Crippen LogP contribution < -0.4 is 5.32 Å². The van der Waals surface area contributed by atoms with Crippen molar-refractivity contribution >= 4 is 29.4 Å². The van der Waals surface area contributed by atoms with Crippen LogP contribution in [0, 0.1) is 5.92 Å². The molecule has 3 atom stereocenters. The molecule has 0 aliphatic carbocycles. The quantitative estimate of drug-likeness (QED) is 0.335. The molecule has 0 aromatic rings. The van der Waals surface area contributed by atoms with Crippen LogP contribution in [-0.2, 0) is 4.79 Å². The first-order valence-corrected chi connectivity index (χ1v) is 12.7. The minimum Gasteiger partial charge on any atom is -0.378 e. The Bertz CT molecular complexity index is 428. The predicted octanol–water partition coefficient (Wildman–Crippen LogP) is 4.71. The van der Waals surface area contributed by atoms with Crippen LogP contribution >= 0.6 is 23.5 Å². The number of likely N-dealkylation sites (N-methyl/N-ethyl adjacent to an activating group) is 1. The van der Waals surface area contributed by atoms with E-state index in [0.29, 0.717) is 12.3 Å². The summed E-state index contributed by atoms with van der Waals surface area (Å²) in [6.07, 6.45) is 6.47. The number of thioether (sulfide) groups is 2. The summed E-state index contributed by atoms with van der Waals surface area (Å²) in [6.45, 7) is 10.9. The first-order chi connectivity index (χ1) is 12.8. The van der Waals surface area contributed by atoms with E-state index in [1.807, 2.05) is 42.4 Å². The molecule has 6 heteroatoms. The first-order valence-electron chi connectivity index (χ1n) is 10.8. The fourth-order valence-corrected chi connectivity index (χ4v) is 6.97. The van der Waals surface area contributed by atoms with E-state index in [9.17, 15) is 9.90 Å². The highest BCUT2D eigenvalue weighted by Crippen LogP contribution is 2.50. The molecule has 0 saturated carbocycles. The number of nitrogens with one attached hydrogen (secondary N) is 1. The van der Waals surface area contributed by atoms with Crippen molar-refractivity contribution in [3.63, 3.8) is 0 Å². The fraction of sp³-hybridized carbons (Fsp3) is 0.952. The third-order valence-corrected chi connectivity index (χ3v) is 9.46. The molecule has 27 heavy (non-hydrogen) atoms. The molecule has 1 fully saturated rings. The van der Waals surface area contributed by atoms with Crippen molar-refractivity contribution in [2.24, 2.45) is 5.92 Å². The van der Waals surface area contributed by atoms with Crippen molar-refractivity contribution in [3.8, 4) is 0 Å². The number of aliphatic hydroxyl groups is 1. The van der Waals surface area contributed by atoms with Gasteiger partial charge in [-0.1, -0.05) is 40.5 Å². The van der Waals surface area contributed by atoms with Gasteiger partial charge in [-0.05, 0) is 52.0 Å². The molecule has 0 radical (unpaired) electrons. The molecule has 0 bridgehead atoms. The van der Waals surface area contributed by atoms with Gasteiger partial charge in [0.25, 0.3) is 0 Å². The molecule has 0 spiro atoms. The summed E-state index contributed by atoms with van der Waals surface area (Å²) in [5, 5.41) is 13.8. The Morgan fingerprint density at radius 1 is 1.15 bits per heavy atom. The molecule has 4 nitrogen and oxygen atoms in total. The normalized spacial score (nSPS) is 20.0. The summed E-state index contributed by atoms with van der Waals surface area (Å²) in [5.41, 5.74) is 0. The summed E-state index contributed by atoms with van der Waals surface area (Å²) in [6, 6.07) is -0.149. The minimum atomic E-state index is -0.548. The van der Waals surface area contributed by atoms with Gasteiger partial charge in [-0.2, -0.15) is 0 Å². The minimum absolute atomic E-state index is 0.0547. The SMILES string of the molecule is CCCCCC(O)N(C)[C@@H](CC)C(=O)NC(C)C1(CCC(C)C)SCCS1. The number of carbonyl (C=O) groups is 1. The summed E-state index contributed by atoms with van der Waals surface area (Å²) in [5.74, 6) is 3.06. The van der Waals surface area contributed by atoms with E-state index in [0.717, 1.165) is 43.6 Å². The Morgan fingerprint density at radius 2 is 1.78 bits per heavy atom. The molecule has 160 valence electrons. The Labute approximate surface area is 176 Å². The van der Waals surface area contributed by atoms with Crippen LogP contribution in [0.1, 0.15) is 79.6 Å². The van der Waals surface area contributed by atoms with Crippen molar-refractivity contribution < 1.29 is 9.90 Å². The van der Waals surface area contributed by atoms with Crippen LogP contribution in [0.2, 0.25) is 0 Å². The van der Waals surface area contributed by atoms with Gasteiger partial charge in [0.2, 0.25) is 5.91 Å². The molecule has 2 N–H and O–H groups in total. The fourth-order valence-electron chi connectivity index (χ4n) is 3.64. The number of hydrogen-bond acceptors (Lipinski definition) is 5. The van der Waals surface area contributed by atoms with Crippen LogP contribution in [0.5, 0.6) is 0 Å². The lowest BCUT2D eigenvalue weighted by Crippen LogP contribution is -2.54. The van der Waals surface area contributed by atoms with E-state index in [1.54, 1.807) is 0 Å². The Kier molecular flexibility index (Phi) is 11.7. The molecular weight excluding hydrogens is 376 g/mol. The van der Waals surface area contributed by atoms with Gasteiger partial charge in [0.15, 0.2) is 0 Å². The second kappa shape index (κ2) is 12.6. The van der Waals surface area contributed by atoms with E-state index in [-0.39, 0.29) is 22.1 Å². The maximum Gasteiger partial charge on any atom is 0.237 e. The largest absolute Gasteiger partial charge is 0.378 e. The molecule has 1 aliphatic heterocycles. The predicted molar refractivity (Wildman–Crippen MR) is 121 cm³/mol. The standard InChI is InChI=1S/C21H42N2O2S2/c1-7-9-10-11-19(24)23(6)18(8-2)20(25)22-17(5)21(13-12-16(3)4)26-14-15-27-21/h16-19,24H,7-15H2,1-6H3,(H,22,25)/t17?,18-,19?/m0/s1. The molecule has 1 rings (SSSR count). The van der Waals surface area contributed by atoms with Crippen LogP contribution in [-0.4, -0.2) is 56.9 Å². The number of hydrogen-bond donors (Lipinski definition) is 2. The molecule has 1 saturated heterocycles. The second-order valence-corrected chi connectivity index (χ2v) is 11.3. The summed E-state index contributed by atoms with van der Waals surface area (Å²) in [7, 11) is 1.88. The zero-order valence-corrected chi connectivity index (χ0v) is 19.9. The Hall–Kier alpha value is 0.0900. The van der Waals surface area contributed by atoms with Gasteiger partial charge < -0.3 is 10.4 Å². The van der Waals surface area contributed by atoms with Gasteiger partial charge in [-0.3, -0.25) is 9.69 Å². The van der Waals surface area contributed by atoms with Crippen LogP contribution in [0.4, 0.5) is 0 Å². The van der Waals surface area contributed by atoms with Gasteiger partial charge in [0, 0.05) is 17.5 Å². The lowest BCUT2D eigenvalue weighted by Gasteiger charge is -2.37. The van der Waals surface area contributed by atoms with Gasteiger partial charge in [0.05, 0.1) is 10.1 Å². The molecule has 1 amide bonds. The molecule has 0 aromatic heterocycles. The number of unbranched alkanes of at least 4 members (excludes halogenated alkanes) is 2. The van der Waals surface area contributed by atoms with Crippen LogP contribution in [0.3, 0.4) is 0 Å². The molecular formula is C21H42N2O2S2. The average Bonchev–Trinajstić information content (AvgIpc) is 3.10. The monoisotopic (exact) mass is 418 g/mol. The maximum absolute atomic E-state index is 13.0. The first kappa shape index (κ1) is 25.1. The molecule has 2 unspecified atom stereocenters. The third-order valence-electron chi connectivity index (χ3n) is 5.58. The van der Waals surface area contributed by atoms with Crippen molar-refractivity contribution in [2.75, 3.05) is 18.6 Å². The van der Waals surface area contributed by atoms with Crippen molar-refractivity contribution in [3.05, 3.63) is 0 Å². The Balaban J connectivity index is 2.68. The number of carbonyl (C=O) groups excluding carboxylic acids is 1. The van der Waals surface area contributed by atoms with Crippen LogP contribution in [0.25, 0.3) is 0 Å². The third kappa shape index (κ3) is 7.79. The van der Waals surface area contributed by atoms with E-state index < -0.39 is 6.23 Å². The number of nitrogens with zero attached hydrogens (tertiary/aromatic N) is 1. The topological polar surface area (TPSA) is 52.6 Å². The number of aliphatic hydroxyl groups excluding tert-OH is 1. The maximum atomic E-state index is 13.0. The summed E-state index contributed by atoms with van der Waals surface area (Å²) < 4.78 is 0.0938. The lowest BCUT2D eigenvalue weighted by atomic mass is 10.0. The summed E-state index contributed by atoms with van der Waals surface area (Å²) in [4.78, 5) is 14.9. The van der Waals surface area contributed by atoms with Gasteiger partial charge in [-0.25, -0.2) is 0 Å². The number of rotatable bonds is 13. The Morgan fingerprint density at radius 3 is 2.30 bits per heavy atom.